The number of pyridine rings is 1. The predicted octanol–water partition coefficient (Wildman–Crippen LogP) is 2.91. The van der Waals surface area contributed by atoms with Crippen molar-refractivity contribution in [2.45, 2.75) is 44.5 Å². The Labute approximate surface area is 160 Å². The van der Waals surface area contributed by atoms with E-state index >= 15 is 0 Å². The van der Waals surface area contributed by atoms with Crippen molar-refractivity contribution in [3.05, 3.63) is 65.5 Å². The van der Waals surface area contributed by atoms with E-state index in [1.54, 1.807) is 12.4 Å². The Morgan fingerprint density at radius 3 is 2.67 bits per heavy atom. The highest BCUT2D eigenvalue weighted by atomic mass is 16.5. The van der Waals surface area contributed by atoms with E-state index in [2.05, 4.69) is 24.0 Å². The summed E-state index contributed by atoms with van der Waals surface area (Å²) in [6.45, 7) is 4.69. The minimum absolute atomic E-state index is 0.174. The second-order valence-electron chi connectivity index (χ2n) is 7.72. The lowest BCUT2D eigenvalue weighted by Gasteiger charge is -2.53. The Balaban J connectivity index is 1.26. The standard InChI is InChI=1S/C22H26N2O3/c1-17-2-4-18(5-3-17)12-21(25)24-15-22(16-24)13-20(8-11-27-22)26-14-19-6-9-23-10-7-19/h2-7,9-10,20H,8,11-16H2,1H3. The molecule has 0 radical (unpaired) electrons. The molecule has 2 fully saturated rings. The van der Waals surface area contributed by atoms with Crippen molar-refractivity contribution >= 4 is 5.91 Å². The summed E-state index contributed by atoms with van der Waals surface area (Å²) >= 11 is 0. The summed E-state index contributed by atoms with van der Waals surface area (Å²) in [4.78, 5) is 18.5. The average Bonchev–Trinajstić information content (AvgIpc) is 2.67. The fourth-order valence-electron chi connectivity index (χ4n) is 3.86. The first-order chi connectivity index (χ1) is 13.1. The van der Waals surface area contributed by atoms with Crippen LogP contribution >= 0.6 is 0 Å². The van der Waals surface area contributed by atoms with Gasteiger partial charge in [-0.1, -0.05) is 29.8 Å². The molecular weight excluding hydrogens is 340 g/mol. The lowest BCUT2D eigenvalue weighted by molar-refractivity contribution is -0.202. The SMILES string of the molecule is Cc1ccc(CC(=O)N2CC3(CC(OCc4ccncc4)CCO3)C2)cc1. The molecule has 4 rings (SSSR count). The Hall–Kier alpha value is -2.24. The number of carbonyl (C=O) groups excluding carboxylic acids is 1. The van der Waals surface area contributed by atoms with Crippen LogP contribution in [0.3, 0.4) is 0 Å². The Morgan fingerprint density at radius 2 is 1.93 bits per heavy atom. The van der Waals surface area contributed by atoms with E-state index < -0.39 is 0 Å². The molecule has 1 unspecified atom stereocenters. The van der Waals surface area contributed by atoms with Gasteiger partial charge in [0.15, 0.2) is 0 Å². The maximum Gasteiger partial charge on any atom is 0.227 e. The van der Waals surface area contributed by atoms with Gasteiger partial charge in [-0.05, 0) is 36.6 Å². The van der Waals surface area contributed by atoms with E-state index in [9.17, 15) is 4.79 Å². The number of benzene rings is 1. The molecule has 5 heteroatoms. The van der Waals surface area contributed by atoms with Crippen LogP contribution in [0.5, 0.6) is 0 Å². The van der Waals surface area contributed by atoms with Crippen molar-refractivity contribution < 1.29 is 14.3 Å². The van der Waals surface area contributed by atoms with Gasteiger partial charge in [0.25, 0.3) is 0 Å². The molecule has 1 atom stereocenters. The highest BCUT2D eigenvalue weighted by Crippen LogP contribution is 2.35. The van der Waals surface area contributed by atoms with Crippen LogP contribution in [0.15, 0.2) is 48.8 Å². The lowest BCUT2D eigenvalue weighted by Crippen LogP contribution is -2.67. The average molecular weight is 366 g/mol. The maximum atomic E-state index is 12.5. The Kier molecular flexibility index (Phi) is 5.23. The van der Waals surface area contributed by atoms with Crippen LogP contribution in [0.2, 0.25) is 0 Å². The number of likely N-dealkylation sites (tertiary alicyclic amines) is 1. The van der Waals surface area contributed by atoms with E-state index in [1.807, 2.05) is 29.2 Å². The minimum Gasteiger partial charge on any atom is -0.373 e. The van der Waals surface area contributed by atoms with Gasteiger partial charge in [-0.2, -0.15) is 0 Å². The summed E-state index contributed by atoms with van der Waals surface area (Å²) in [5.74, 6) is 0.174. The molecule has 2 aliphatic heterocycles. The summed E-state index contributed by atoms with van der Waals surface area (Å²) in [5, 5.41) is 0. The number of carbonyl (C=O) groups is 1. The third-order valence-corrected chi connectivity index (χ3v) is 5.47. The van der Waals surface area contributed by atoms with E-state index in [0.29, 0.717) is 32.7 Å². The fourth-order valence-corrected chi connectivity index (χ4v) is 3.86. The quantitative estimate of drug-likeness (QED) is 0.816. The molecule has 5 nitrogen and oxygen atoms in total. The molecule has 1 aromatic heterocycles. The lowest BCUT2D eigenvalue weighted by atomic mass is 9.84. The summed E-state index contributed by atoms with van der Waals surface area (Å²) in [5.41, 5.74) is 3.19. The number of hydrogen-bond acceptors (Lipinski definition) is 4. The number of hydrogen-bond donors (Lipinski definition) is 0. The van der Waals surface area contributed by atoms with Gasteiger partial charge < -0.3 is 14.4 Å². The van der Waals surface area contributed by atoms with Crippen LogP contribution in [0.1, 0.15) is 29.5 Å². The first kappa shape index (κ1) is 18.1. The van der Waals surface area contributed by atoms with E-state index in [-0.39, 0.29) is 17.6 Å². The molecule has 2 saturated heterocycles. The van der Waals surface area contributed by atoms with Crippen LogP contribution in [-0.2, 0) is 27.3 Å². The zero-order chi connectivity index (χ0) is 18.7. The van der Waals surface area contributed by atoms with E-state index in [1.165, 1.54) is 5.56 Å². The van der Waals surface area contributed by atoms with Gasteiger partial charge in [0, 0.05) is 25.4 Å². The molecular formula is C22H26N2O3. The number of nitrogens with zero attached hydrogens (tertiary/aromatic N) is 2. The predicted molar refractivity (Wildman–Crippen MR) is 102 cm³/mol. The summed E-state index contributed by atoms with van der Waals surface area (Å²) in [6.07, 6.45) is 5.97. The number of aryl methyl sites for hydroxylation is 1. The molecule has 0 bridgehead atoms. The normalized spacial score (nSPS) is 21.1. The molecule has 27 heavy (non-hydrogen) atoms. The monoisotopic (exact) mass is 366 g/mol. The molecule has 0 saturated carbocycles. The molecule has 142 valence electrons. The molecule has 1 aromatic carbocycles. The molecule has 3 heterocycles. The van der Waals surface area contributed by atoms with Crippen molar-refractivity contribution in [3.8, 4) is 0 Å². The van der Waals surface area contributed by atoms with Crippen LogP contribution < -0.4 is 0 Å². The second kappa shape index (κ2) is 7.79. The second-order valence-corrected chi connectivity index (χ2v) is 7.72. The zero-order valence-corrected chi connectivity index (χ0v) is 15.8. The fraction of sp³-hybridized carbons (Fsp3) is 0.455. The van der Waals surface area contributed by atoms with Gasteiger partial charge in [-0.15, -0.1) is 0 Å². The molecule has 1 spiro atoms. The van der Waals surface area contributed by atoms with Gasteiger partial charge in [0.1, 0.15) is 5.60 Å². The third kappa shape index (κ3) is 4.37. The van der Waals surface area contributed by atoms with Crippen LogP contribution in [0.4, 0.5) is 0 Å². The van der Waals surface area contributed by atoms with Crippen LogP contribution in [0, 0.1) is 6.92 Å². The molecule has 0 N–H and O–H groups in total. The van der Waals surface area contributed by atoms with Crippen molar-refractivity contribution in [1.82, 2.24) is 9.88 Å². The van der Waals surface area contributed by atoms with E-state index in [4.69, 9.17) is 9.47 Å². The highest BCUT2D eigenvalue weighted by molar-refractivity contribution is 5.80. The van der Waals surface area contributed by atoms with Crippen molar-refractivity contribution in [2.75, 3.05) is 19.7 Å². The molecule has 2 aliphatic rings. The summed E-state index contributed by atoms with van der Waals surface area (Å²) in [6, 6.07) is 12.1. The first-order valence-corrected chi connectivity index (χ1v) is 9.60. The van der Waals surface area contributed by atoms with Gasteiger partial charge in [-0.3, -0.25) is 9.78 Å². The molecule has 1 amide bonds. The van der Waals surface area contributed by atoms with Gasteiger partial charge in [0.05, 0.1) is 32.2 Å². The molecule has 0 aliphatic carbocycles. The Bertz CT molecular complexity index is 770. The first-order valence-electron chi connectivity index (χ1n) is 9.60. The third-order valence-electron chi connectivity index (χ3n) is 5.47. The van der Waals surface area contributed by atoms with Gasteiger partial charge in [-0.25, -0.2) is 0 Å². The van der Waals surface area contributed by atoms with Crippen LogP contribution in [-0.4, -0.2) is 47.2 Å². The highest BCUT2D eigenvalue weighted by Gasteiger charge is 2.49. The van der Waals surface area contributed by atoms with Crippen molar-refractivity contribution in [3.63, 3.8) is 0 Å². The Morgan fingerprint density at radius 1 is 1.19 bits per heavy atom. The summed E-state index contributed by atoms with van der Waals surface area (Å²) in [7, 11) is 0. The van der Waals surface area contributed by atoms with Gasteiger partial charge >= 0.3 is 0 Å². The smallest absolute Gasteiger partial charge is 0.227 e. The number of rotatable bonds is 5. The number of ether oxygens (including phenoxy) is 2. The largest absolute Gasteiger partial charge is 0.373 e. The summed E-state index contributed by atoms with van der Waals surface area (Å²) < 4.78 is 12.1. The zero-order valence-electron chi connectivity index (χ0n) is 15.8. The minimum atomic E-state index is -0.218. The maximum absolute atomic E-state index is 12.5. The number of aromatic nitrogens is 1. The molecule has 2 aromatic rings. The van der Waals surface area contributed by atoms with E-state index in [0.717, 1.165) is 24.0 Å². The topological polar surface area (TPSA) is 51.7 Å². The van der Waals surface area contributed by atoms with Crippen molar-refractivity contribution in [1.29, 1.82) is 0 Å². The van der Waals surface area contributed by atoms with Crippen molar-refractivity contribution in [2.24, 2.45) is 0 Å². The number of amides is 1. The van der Waals surface area contributed by atoms with Crippen LogP contribution in [0.25, 0.3) is 0 Å². The van der Waals surface area contributed by atoms with Gasteiger partial charge in [0.2, 0.25) is 5.91 Å².